The average Bonchev–Trinajstić information content (AvgIpc) is 2.65. The highest BCUT2D eigenvalue weighted by Crippen LogP contribution is 2.26. The van der Waals surface area contributed by atoms with Crippen LogP contribution in [-0.2, 0) is 10.0 Å². The van der Waals surface area contributed by atoms with E-state index in [2.05, 4.69) is 19.7 Å². The predicted molar refractivity (Wildman–Crippen MR) is 120 cm³/mol. The van der Waals surface area contributed by atoms with Crippen LogP contribution in [0.4, 0.5) is 0 Å². The number of allylic oxidation sites excluding steroid dienone is 2. The molecule has 2 aromatic rings. The highest BCUT2D eigenvalue weighted by molar-refractivity contribution is 7.89. The Morgan fingerprint density at radius 1 is 1.33 bits per heavy atom. The third-order valence-corrected chi connectivity index (χ3v) is 5.88. The molecule has 0 saturated heterocycles. The van der Waals surface area contributed by atoms with E-state index in [-0.39, 0.29) is 11.4 Å². The fourth-order valence-electron chi connectivity index (χ4n) is 2.74. The monoisotopic (exact) mass is 431 g/mol. The smallest absolute Gasteiger partial charge is 0.240 e. The number of aromatic nitrogens is 2. The molecule has 0 radical (unpaired) electrons. The van der Waals surface area contributed by atoms with Crippen molar-refractivity contribution in [2.24, 2.45) is 10.7 Å². The Balaban J connectivity index is 2.43. The maximum Gasteiger partial charge on any atom is 0.240 e. The fraction of sp³-hybridized carbons (Fsp3) is 0.381. The van der Waals surface area contributed by atoms with Gasteiger partial charge in [0.25, 0.3) is 0 Å². The molecule has 8 nitrogen and oxygen atoms in total. The van der Waals surface area contributed by atoms with Gasteiger partial charge >= 0.3 is 0 Å². The van der Waals surface area contributed by atoms with Crippen LogP contribution in [-0.4, -0.2) is 48.9 Å². The Hall–Kier alpha value is -2.62. The molecule has 0 amide bonds. The van der Waals surface area contributed by atoms with E-state index in [0.29, 0.717) is 34.6 Å². The molecule has 0 aliphatic rings. The van der Waals surface area contributed by atoms with Gasteiger partial charge in [-0.2, -0.15) is 0 Å². The number of rotatable bonds is 8. The third kappa shape index (κ3) is 6.19. The van der Waals surface area contributed by atoms with E-state index in [9.17, 15) is 13.5 Å². The summed E-state index contributed by atoms with van der Waals surface area (Å²) in [5.41, 5.74) is 8.79. The van der Waals surface area contributed by atoms with Crippen molar-refractivity contribution < 1.29 is 13.5 Å². The molecule has 2 rings (SSSR count). The van der Waals surface area contributed by atoms with Crippen LogP contribution < -0.4 is 10.5 Å². The first-order valence-electron chi connectivity index (χ1n) is 9.48. The zero-order chi connectivity index (χ0) is 22.5. The van der Waals surface area contributed by atoms with Gasteiger partial charge in [0.05, 0.1) is 34.3 Å². The van der Waals surface area contributed by atoms with Crippen LogP contribution in [0.25, 0.3) is 16.8 Å². The van der Waals surface area contributed by atoms with Gasteiger partial charge < -0.3 is 10.8 Å². The minimum atomic E-state index is -3.74. The van der Waals surface area contributed by atoms with E-state index >= 15 is 0 Å². The molecule has 0 unspecified atom stereocenters. The Labute approximate surface area is 178 Å². The van der Waals surface area contributed by atoms with Crippen molar-refractivity contribution in [2.75, 3.05) is 13.6 Å². The second-order valence-corrected chi connectivity index (χ2v) is 9.48. The SMILES string of the molecule is CN=CC(=C(C)N)c1cncc(-c2cc(S(=O)(=O)NCCC(C)(C)O)ccc2C)n1. The van der Waals surface area contributed by atoms with E-state index in [1.807, 2.05) is 6.92 Å². The zero-order valence-corrected chi connectivity index (χ0v) is 18.8. The molecule has 30 heavy (non-hydrogen) atoms. The van der Waals surface area contributed by atoms with E-state index in [4.69, 9.17) is 5.73 Å². The lowest BCUT2D eigenvalue weighted by molar-refractivity contribution is 0.0728. The van der Waals surface area contributed by atoms with Gasteiger partial charge in [0, 0.05) is 36.6 Å². The van der Waals surface area contributed by atoms with Gasteiger partial charge in [-0.3, -0.25) is 9.98 Å². The number of sulfonamides is 1. The van der Waals surface area contributed by atoms with Crippen LogP contribution in [0.5, 0.6) is 0 Å². The summed E-state index contributed by atoms with van der Waals surface area (Å²) in [5.74, 6) is 0. The van der Waals surface area contributed by atoms with Crippen molar-refractivity contribution in [1.82, 2.24) is 14.7 Å². The quantitative estimate of drug-likeness (QED) is 0.550. The van der Waals surface area contributed by atoms with Crippen LogP contribution in [0, 0.1) is 6.92 Å². The second kappa shape index (κ2) is 9.46. The lowest BCUT2D eigenvalue weighted by Crippen LogP contribution is -2.30. The molecule has 4 N–H and O–H groups in total. The summed E-state index contributed by atoms with van der Waals surface area (Å²) in [6.07, 6.45) is 5.08. The van der Waals surface area contributed by atoms with Gasteiger partial charge in [0.15, 0.2) is 0 Å². The third-order valence-electron chi connectivity index (χ3n) is 4.42. The van der Waals surface area contributed by atoms with Crippen molar-refractivity contribution in [3.05, 3.63) is 47.5 Å². The normalized spacial score (nSPS) is 13.5. The topological polar surface area (TPSA) is 131 Å². The summed E-state index contributed by atoms with van der Waals surface area (Å²) in [6.45, 7) is 7.02. The van der Waals surface area contributed by atoms with Gasteiger partial charge in [-0.15, -0.1) is 0 Å². The number of aryl methyl sites for hydroxylation is 1. The number of nitrogens with one attached hydrogen (secondary N) is 1. The molecular weight excluding hydrogens is 402 g/mol. The summed E-state index contributed by atoms with van der Waals surface area (Å²) >= 11 is 0. The number of hydrogen-bond donors (Lipinski definition) is 3. The molecule has 0 aliphatic carbocycles. The maximum absolute atomic E-state index is 12.7. The van der Waals surface area contributed by atoms with Crippen LogP contribution in [0.2, 0.25) is 0 Å². The average molecular weight is 432 g/mol. The molecule has 0 fully saturated rings. The minimum Gasteiger partial charge on any atom is -0.402 e. The van der Waals surface area contributed by atoms with Crippen LogP contribution >= 0.6 is 0 Å². The van der Waals surface area contributed by atoms with Gasteiger partial charge in [-0.1, -0.05) is 6.07 Å². The van der Waals surface area contributed by atoms with E-state index in [0.717, 1.165) is 5.56 Å². The molecule has 1 heterocycles. The molecule has 1 aromatic heterocycles. The molecule has 162 valence electrons. The Morgan fingerprint density at radius 3 is 2.63 bits per heavy atom. The van der Waals surface area contributed by atoms with Crippen molar-refractivity contribution in [1.29, 1.82) is 0 Å². The summed E-state index contributed by atoms with van der Waals surface area (Å²) in [4.78, 5) is 13.0. The largest absolute Gasteiger partial charge is 0.402 e. The highest BCUT2D eigenvalue weighted by Gasteiger charge is 2.19. The van der Waals surface area contributed by atoms with E-state index < -0.39 is 15.6 Å². The second-order valence-electron chi connectivity index (χ2n) is 7.71. The number of aliphatic imine (C=N–C) groups is 1. The lowest BCUT2D eigenvalue weighted by Gasteiger charge is -2.17. The summed E-state index contributed by atoms with van der Waals surface area (Å²) in [5, 5.41) is 9.79. The zero-order valence-electron chi connectivity index (χ0n) is 18.0. The summed E-state index contributed by atoms with van der Waals surface area (Å²) in [7, 11) is -2.10. The molecule has 0 spiro atoms. The Morgan fingerprint density at radius 2 is 2.03 bits per heavy atom. The summed E-state index contributed by atoms with van der Waals surface area (Å²) in [6, 6.07) is 4.84. The first-order chi connectivity index (χ1) is 13.9. The highest BCUT2D eigenvalue weighted by atomic mass is 32.2. The number of nitrogens with two attached hydrogens (primary N) is 1. The van der Waals surface area contributed by atoms with Gasteiger partial charge in [0.1, 0.15) is 0 Å². The van der Waals surface area contributed by atoms with Crippen molar-refractivity contribution >= 4 is 21.8 Å². The summed E-state index contributed by atoms with van der Waals surface area (Å²) < 4.78 is 27.9. The van der Waals surface area contributed by atoms with Gasteiger partial charge in [-0.05, 0) is 51.8 Å². The lowest BCUT2D eigenvalue weighted by atomic mass is 10.1. The molecule has 0 atom stereocenters. The van der Waals surface area contributed by atoms with Crippen molar-refractivity contribution in [3.63, 3.8) is 0 Å². The molecule has 0 aliphatic heterocycles. The maximum atomic E-state index is 12.7. The number of nitrogens with zero attached hydrogens (tertiary/aromatic N) is 3. The number of benzene rings is 1. The van der Waals surface area contributed by atoms with E-state index in [1.54, 1.807) is 64.6 Å². The Kier molecular flexibility index (Phi) is 7.46. The van der Waals surface area contributed by atoms with Gasteiger partial charge in [-0.25, -0.2) is 18.1 Å². The van der Waals surface area contributed by atoms with E-state index in [1.165, 1.54) is 0 Å². The predicted octanol–water partition coefficient (Wildman–Crippen LogP) is 2.28. The molecule has 1 aromatic carbocycles. The molecule has 0 saturated carbocycles. The molecule has 9 heteroatoms. The van der Waals surface area contributed by atoms with Crippen molar-refractivity contribution in [2.45, 2.75) is 44.6 Å². The van der Waals surface area contributed by atoms with Crippen molar-refractivity contribution in [3.8, 4) is 11.3 Å². The first-order valence-corrected chi connectivity index (χ1v) is 11.0. The van der Waals surface area contributed by atoms with Crippen LogP contribution in [0.1, 0.15) is 38.4 Å². The van der Waals surface area contributed by atoms with Crippen LogP contribution in [0.15, 0.2) is 46.2 Å². The Bertz CT molecular complexity index is 1070. The number of hydrogen-bond acceptors (Lipinski definition) is 7. The number of aliphatic hydroxyl groups is 1. The fourth-order valence-corrected chi connectivity index (χ4v) is 3.80. The minimum absolute atomic E-state index is 0.118. The standard InChI is InChI=1S/C21H29N5O3S/c1-14-6-7-16(30(28,29)25-9-8-21(3,4)27)10-17(14)19-12-24-13-20(26-19)18(11-23-5)15(2)22/h6-7,10-13,25,27H,8-9,22H2,1-5H3. The molecule has 0 bridgehead atoms. The molecular formula is C21H29N5O3S. The van der Waals surface area contributed by atoms with Gasteiger partial charge in [0.2, 0.25) is 10.0 Å². The van der Waals surface area contributed by atoms with Crippen LogP contribution in [0.3, 0.4) is 0 Å². The first kappa shape index (κ1) is 23.7.